The van der Waals surface area contributed by atoms with Crippen molar-refractivity contribution >= 4 is 25.7 Å². The monoisotopic (exact) mass is 440 g/mol. The maximum absolute atomic E-state index is 13.0. The smallest absolute Gasteiger partial charge is 0.243 e. The minimum absolute atomic E-state index is 0.00953. The number of benzene rings is 1. The van der Waals surface area contributed by atoms with Crippen molar-refractivity contribution in [2.45, 2.75) is 17.5 Å². The van der Waals surface area contributed by atoms with Crippen LogP contribution in [0.1, 0.15) is 5.69 Å². The van der Waals surface area contributed by atoms with Crippen LogP contribution in [-0.2, 0) is 26.6 Å². The molecule has 0 spiro atoms. The molecular formula is C18H24N4O5S2. The van der Waals surface area contributed by atoms with Gasteiger partial charge in [0.25, 0.3) is 0 Å². The lowest BCUT2D eigenvalue weighted by molar-refractivity contribution is 0.119. The number of pyridine rings is 1. The van der Waals surface area contributed by atoms with Gasteiger partial charge in [0.1, 0.15) is 0 Å². The Labute approximate surface area is 171 Å². The van der Waals surface area contributed by atoms with Gasteiger partial charge in [0.2, 0.25) is 20.0 Å². The first-order valence-corrected chi connectivity index (χ1v) is 12.3. The molecule has 1 aromatic carbocycles. The lowest BCUT2D eigenvalue weighted by Crippen LogP contribution is -2.37. The van der Waals surface area contributed by atoms with Crippen molar-refractivity contribution in [3.8, 4) is 0 Å². The summed E-state index contributed by atoms with van der Waals surface area (Å²) in [4.78, 5) is 6.29. The molecule has 29 heavy (non-hydrogen) atoms. The normalized spacial score (nSPS) is 19.6. The highest BCUT2D eigenvalue weighted by Crippen LogP contribution is 2.21. The molecule has 2 N–H and O–H groups in total. The van der Waals surface area contributed by atoms with Crippen LogP contribution in [0.25, 0.3) is 0 Å². The second-order valence-corrected chi connectivity index (χ2v) is 10.7. The number of nitrogens with one attached hydrogen (secondary N) is 1. The average molecular weight is 441 g/mol. The molecule has 1 saturated heterocycles. The van der Waals surface area contributed by atoms with Gasteiger partial charge in [-0.2, -0.15) is 4.31 Å². The van der Waals surface area contributed by atoms with Crippen molar-refractivity contribution in [1.29, 1.82) is 0 Å². The Bertz CT molecular complexity index is 1030. The summed E-state index contributed by atoms with van der Waals surface area (Å²) < 4.78 is 52.1. The molecule has 1 aliphatic rings. The van der Waals surface area contributed by atoms with Crippen molar-refractivity contribution < 1.29 is 21.9 Å². The highest BCUT2D eigenvalue weighted by molar-refractivity contribution is 7.92. The first-order chi connectivity index (χ1) is 13.6. The minimum atomic E-state index is -3.82. The second-order valence-electron chi connectivity index (χ2n) is 6.97. The van der Waals surface area contributed by atoms with Crippen LogP contribution < -0.4 is 4.72 Å². The summed E-state index contributed by atoms with van der Waals surface area (Å²) in [6.07, 6.45) is 1.89. The zero-order valence-electron chi connectivity index (χ0n) is 16.0. The van der Waals surface area contributed by atoms with Gasteiger partial charge in [-0.15, -0.1) is 0 Å². The predicted molar refractivity (Wildman–Crippen MR) is 109 cm³/mol. The summed E-state index contributed by atoms with van der Waals surface area (Å²) in [6.45, 7) is 1.55. The summed E-state index contributed by atoms with van der Waals surface area (Å²) in [5.41, 5.74) is 1.13. The van der Waals surface area contributed by atoms with E-state index < -0.39 is 26.2 Å². The lowest BCUT2D eigenvalue weighted by Gasteiger charge is -2.21. The van der Waals surface area contributed by atoms with Crippen molar-refractivity contribution in [3.05, 3.63) is 54.4 Å². The highest BCUT2D eigenvalue weighted by Gasteiger charge is 2.30. The Balaban J connectivity index is 1.72. The van der Waals surface area contributed by atoms with Crippen LogP contribution in [0, 0.1) is 0 Å². The number of anilines is 1. The summed E-state index contributed by atoms with van der Waals surface area (Å²) in [7, 11) is -7.26. The zero-order valence-corrected chi connectivity index (χ0v) is 17.6. The largest absolute Gasteiger partial charge is 0.390 e. The Morgan fingerprint density at radius 2 is 1.79 bits per heavy atom. The number of sulfonamides is 2. The van der Waals surface area contributed by atoms with Gasteiger partial charge >= 0.3 is 0 Å². The standard InChI is InChI=1S/C18H24N4O5S2/c1-28(24,25)20-15-5-7-18(8-6-15)29(26,27)22-11-10-21(13-17(23)14-22)12-16-4-2-3-9-19-16/h2-9,17,20,23H,10-14H2,1H3. The summed E-state index contributed by atoms with van der Waals surface area (Å²) in [6, 6.07) is 11.1. The van der Waals surface area contributed by atoms with Crippen LogP contribution in [0.15, 0.2) is 53.6 Å². The summed E-state index contributed by atoms with van der Waals surface area (Å²) >= 11 is 0. The van der Waals surface area contributed by atoms with E-state index >= 15 is 0 Å². The second kappa shape index (κ2) is 8.76. The van der Waals surface area contributed by atoms with Crippen LogP contribution in [0.3, 0.4) is 0 Å². The minimum Gasteiger partial charge on any atom is -0.390 e. The molecule has 1 unspecified atom stereocenters. The SMILES string of the molecule is CS(=O)(=O)Nc1ccc(S(=O)(=O)N2CCN(Cc3ccccn3)CC(O)C2)cc1. The van der Waals surface area contributed by atoms with E-state index in [2.05, 4.69) is 9.71 Å². The molecule has 158 valence electrons. The molecule has 1 atom stereocenters. The molecule has 0 bridgehead atoms. The van der Waals surface area contributed by atoms with Gasteiger partial charge in [0, 0.05) is 44.6 Å². The number of hydrogen-bond donors (Lipinski definition) is 2. The van der Waals surface area contributed by atoms with Gasteiger partial charge in [-0.3, -0.25) is 14.6 Å². The van der Waals surface area contributed by atoms with Crippen LogP contribution in [0.2, 0.25) is 0 Å². The van der Waals surface area contributed by atoms with Gasteiger partial charge in [0.05, 0.1) is 22.9 Å². The lowest BCUT2D eigenvalue weighted by atomic mass is 10.3. The molecule has 0 saturated carbocycles. The van der Waals surface area contributed by atoms with E-state index in [1.807, 2.05) is 23.1 Å². The maximum Gasteiger partial charge on any atom is 0.243 e. The van der Waals surface area contributed by atoms with Crippen molar-refractivity contribution in [2.24, 2.45) is 0 Å². The van der Waals surface area contributed by atoms with E-state index in [4.69, 9.17) is 0 Å². The predicted octanol–water partition coefficient (Wildman–Crippen LogP) is 0.321. The van der Waals surface area contributed by atoms with Crippen LogP contribution in [0.4, 0.5) is 5.69 Å². The number of rotatable bonds is 6. The van der Waals surface area contributed by atoms with E-state index in [1.165, 1.54) is 28.6 Å². The molecule has 11 heteroatoms. The van der Waals surface area contributed by atoms with Gasteiger partial charge in [-0.1, -0.05) is 6.07 Å². The van der Waals surface area contributed by atoms with Crippen molar-refractivity contribution in [3.63, 3.8) is 0 Å². The Morgan fingerprint density at radius 1 is 1.07 bits per heavy atom. The first kappa shape index (κ1) is 21.7. The third-order valence-electron chi connectivity index (χ3n) is 4.46. The van der Waals surface area contributed by atoms with Gasteiger partial charge < -0.3 is 5.11 Å². The molecule has 2 heterocycles. The molecule has 9 nitrogen and oxygen atoms in total. The molecule has 1 fully saturated rings. The van der Waals surface area contributed by atoms with Crippen LogP contribution in [-0.4, -0.2) is 74.7 Å². The fraction of sp³-hybridized carbons (Fsp3) is 0.389. The highest BCUT2D eigenvalue weighted by atomic mass is 32.2. The Kier molecular flexibility index (Phi) is 6.54. The fourth-order valence-corrected chi connectivity index (χ4v) is 5.20. The quantitative estimate of drug-likeness (QED) is 0.664. The number of hydrogen-bond acceptors (Lipinski definition) is 7. The van der Waals surface area contributed by atoms with Gasteiger partial charge in [-0.05, 0) is 36.4 Å². The van der Waals surface area contributed by atoms with E-state index in [0.717, 1.165) is 11.9 Å². The molecule has 0 aliphatic carbocycles. The third kappa shape index (κ3) is 5.97. The Hall–Kier alpha value is -2.05. The molecule has 1 aliphatic heterocycles. The third-order valence-corrected chi connectivity index (χ3v) is 6.94. The van der Waals surface area contributed by atoms with E-state index in [1.54, 1.807) is 6.20 Å². The molecule has 2 aromatic rings. The van der Waals surface area contributed by atoms with E-state index in [-0.39, 0.29) is 23.7 Å². The zero-order chi connectivity index (χ0) is 21.1. The molecule has 0 amide bonds. The van der Waals surface area contributed by atoms with Crippen molar-refractivity contribution in [1.82, 2.24) is 14.2 Å². The first-order valence-electron chi connectivity index (χ1n) is 9.02. The number of nitrogens with zero attached hydrogens (tertiary/aromatic N) is 3. The molecule has 3 rings (SSSR count). The Morgan fingerprint density at radius 3 is 2.41 bits per heavy atom. The maximum atomic E-state index is 13.0. The van der Waals surface area contributed by atoms with Crippen LogP contribution >= 0.6 is 0 Å². The topological polar surface area (TPSA) is 120 Å². The average Bonchev–Trinajstić information content (AvgIpc) is 2.83. The fourth-order valence-electron chi connectivity index (χ4n) is 3.17. The number of aromatic nitrogens is 1. The molecule has 0 radical (unpaired) electrons. The number of aliphatic hydroxyl groups is 1. The van der Waals surface area contributed by atoms with Gasteiger partial charge in [-0.25, -0.2) is 16.8 Å². The number of aliphatic hydroxyl groups excluding tert-OH is 1. The summed E-state index contributed by atoms with van der Waals surface area (Å²) in [5.74, 6) is 0. The number of β-amino-alcohol motifs (C(OH)–C–C–N with tert-alkyl or cyclic N) is 1. The summed E-state index contributed by atoms with van der Waals surface area (Å²) in [5, 5.41) is 10.3. The molecular weight excluding hydrogens is 416 g/mol. The van der Waals surface area contributed by atoms with E-state index in [0.29, 0.717) is 19.6 Å². The molecule has 1 aromatic heterocycles. The van der Waals surface area contributed by atoms with Crippen LogP contribution in [0.5, 0.6) is 0 Å². The van der Waals surface area contributed by atoms with Crippen molar-refractivity contribution in [2.75, 3.05) is 37.2 Å². The van der Waals surface area contributed by atoms with E-state index in [9.17, 15) is 21.9 Å². The van der Waals surface area contributed by atoms with Gasteiger partial charge in [0.15, 0.2) is 0 Å².